The number of hydrogen-bond donors (Lipinski definition) is 2. The Hall–Kier alpha value is -1.34. The molecule has 5 nitrogen and oxygen atoms in total. The van der Waals surface area contributed by atoms with Crippen LogP contribution in [0.5, 0.6) is 0 Å². The first kappa shape index (κ1) is 17.0. The van der Waals surface area contributed by atoms with Gasteiger partial charge in [-0.15, -0.1) is 0 Å². The lowest BCUT2D eigenvalue weighted by Gasteiger charge is -2.23. The minimum atomic E-state index is -3.81. The van der Waals surface area contributed by atoms with Crippen LogP contribution in [0, 0.1) is 13.8 Å². The zero-order valence-electron chi connectivity index (χ0n) is 12.6. The molecule has 0 fully saturated rings. The highest BCUT2D eigenvalue weighted by molar-refractivity contribution is 7.89. The highest BCUT2D eigenvalue weighted by Gasteiger charge is 2.30. The topological polar surface area (TPSA) is 79.5 Å². The molecule has 0 aliphatic heterocycles. The first-order valence-electron chi connectivity index (χ1n) is 6.67. The van der Waals surface area contributed by atoms with E-state index < -0.39 is 15.6 Å². The van der Waals surface area contributed by atoms with E-state index in [4.69, 9.17) is 16.0 Å². The monoisotopic (exact) mass is 343 g/mol. The van der Waals surface area contributed by atoms with E-state index in [2.05, 4.69) is 4.72 Å². The highest BCUT2D eigenvalue weighted by atomic mass is 35.5. The van der Waals surface area contributed by atoms with Crippen LogP contribution in [0.4, 0.5) is 0 Å². The van der Waals surface area contributed by atoms with Crippen LogP contribution in [-0.2, 0) is 15.6 Å². The summed E-state index contributed by atoms with van der Waals surface area (Å²) in [4.78, 5) is -0.0208. The van der Waals surface area contributed by atoms with E-state index in [-0.39, 0.29) is 16.5 Å². The Kier molecular flexibility index (Phi) is 4.67. The van der Waals surface area contributed by atoms with Gasteiger partial charge in [-0.2, -0.15) is 0 Å². The van der Waals surface area contributed by atoms with E-state index in [1.807, 2.05) is 0 Å². The second-order valence-electron chi connectivity index (χ2n) is 5.36. The third-order valence-electron chi connectivity index (χ3n) is 3.35. The number of furan rings is 1. The molecule has 22 heavy (non-hydrogen) atoms. The summed E-state index contributed by atoms with van der Waals surface area (Å²) in [5, 5.41) is 10.7. The fourth-order valence-corrected chi connectivity index (χ4v) is 3.89. The van der Waals surface area contributed by atoms with Crippen LogP contribution in [-0.4, -0.2) is 20.1 Å². The molecule has 0 spiro atoms. The number of sulfonamides is 1. The van der Waals surface area contributed by atoms with Crippen molar-refractivity contribution in [2.45, 2.75) is 31.3 Å². The van der Waals surface area contributed by atoms with Gasteiger partial charge in [0.25, 0.3) is 0 Å². The van der Waals surface area contributed by atoms with Gasteiger partial charge in [0, 0.05) is 12.1 Å². The molecule has 7 heteroatoms. The molecule has 2 aromatic rings. The Morgan fingerprint density at radius 3 is 2.50 bits per heavy atom. The molecule has 2 rings (SSSR count). The normalized spacial score (nSPS) is 14.8. The quantitative estimate of drug-likeness (QED) is 0.874. The van der Waals surface area contributed by atoms with E-state index >= 15 is 0 Å². The van der Waals surface area contributed by atoms with Crippen LogP contribution >= 0.6 is 11.6 Å². The van der Waals surface area contributed by atoms with Gasteiger partial charge in [0.2, 0.25) is 10.0 Å². The lowest BCUT2D eigenvalue weighted by molar-refractivity contribution is 0.0612. The second kappa shape index (κ2) is 6.04. The predicted octanol–water partition coefficient (Wildman–Crippen LogP) is 2.74. The molecule has 0 aliphatic carbocycles. The first-order chi connectivity index (χ1) is 10.1. The molecule has 1 heterocycles. The molecule has 0 radical (unpaired) electrons. The molecular formula is C15H18ClNO4S. The van der Waals surface area contributed by atoms with Crippen molar-refractivity contribution in [1.82, 2.24) is 4.72 Å². The third-order valence-corrected chi connectivity index (χ3v) is 5.25. The number of aryl methyl sites for hydroxylation is 2. The van der Waals surface area contributed by atoms with E-state index in [1.54, 1.807) is 32.0 Å². The summed E-state index contributed by atoms with van der Waals surface area (Å²) in [7, 11) is -3.81. The van der Waals surface area contributed by atoms with E-state index in [0.29, 0.717) is 17.1 Å². The lowest BCUT2D eigenvalue weighted by atomic mass is 9.97. The minimum absolute atomic E-state index is 0.0208. The Morgan fingerprint density at radius 1 is 1.32 bits per heavy atom. The van der Waals surface area contributed by atoms with Crippen molar-refractivity contribution >= 4 is 21.6 Å². The van der Waals surface area contributed by atoms with Crippen LogP contribution in [0.2, 0.25) is 5.02 Å². The first-order valence-corrected chi connectivity index (χ1v) is 8.54. The summed E-state index contributed by atoms with van der Waals surface area (Å²) in [5.41, 5.74) is -0.845. The van der Waals surface area contributed by atoms with Gasteiger partial charge in [0.05, 0.1) is 5.02 Å². The van der Waals surface area contributed by atoms with Gasteiger partial charge in [-0.1, -0.05) is 23.7 Å². The zero-order valence-corrected chi connectivity index (χ0v) is 14.1. The summed E-state index contributed by atoms with van der Waals surface area (Å²) in [5.74, 6) is 1.21. The SMILES string of the molecule is Cc1cc(C(C)(O)CNS(=O)(=O)c2ccccc2Cl)c(C)o1. The molecule has 120 valence electrons. The maximum atomic E-state index is 12.3. The van der Waals surface area contributed by atoms with Gasteiger partial charge in [0.15, 0.2) is 0 Å². The smallest absolute Gasteiger partial charge is 0.242 e. The Labute approximate surface area is 135 Å². The molecular weight excluding hydrogens is 326 g/mol. The van der Waals surface area contributed by atoms with E-state index in [9.17, 15) is 13.5 Å². The van der Waals surface area contributed by atoms with E-state index in [0.717, 1.165) is 0 Å². The molecule has 0 amide bonds. The average Bonchev–Trinajstić information content (AvgIpc) is 2.77. The zero-order chi connectivity index (χ0) is 16.5. The lowest BCUT2D eigenvalue weighted by Crippen LogP contribution is -2.38. The molecule has 0 aliphatic rings. The molecule has 1 unspecified atom stereocenters. The average molecular weight is 344 g/mol. The van der Waals surface area contributed by atoms with Gasteiger partial charge in [-0.3, -0.25) is 0 Å². The largest absolute Gasteiger partial charge is 0.466 e. The fourth-order valence-electron chi connectivity index (χ4n) is 2.24. The molecule has 0 bridgehead atoms. The van der Waals surface area contributed by atoms with Crippen LogP contribution in [0.3, 0.4) is 0 Å². The number of hydrogen-bond acceptors (Lipinski definition) is 4. The molecule has 2 N–H and O–H groups in total. The molecule has 1 aromatic carbocycles. The number of benzene rings is 1. The summed E-state index contributed by atoms with van der Waals surface area (Å²) < 4.78 is 32.3. The Morgan fingerprint density at radius 2 is 1.95 bits per heavy atom. The molecule has 1 aromatic heterocycles. The highest BCUT2D eigenvalue weighted by Crippen LogP contribution is 2.27. The maximum Gasteiger partial charge on any atom is 0.242 e. The molecule has 0 saturated carbocycles. The van der Waals surface area contributed by atoms with Gasteiger partial charge >= 0.3 is 0 Å². The maximum absolute atomic E-state index is 12.3. The van der Waals surface area contributed by atoms with Crippen LogP contribution in [0.15, 0.2) is 39.6 Å². The summed E-state index contributed by atoms with van der Waals surface area (Å²) in [6, 6.07) is 7.83. The van der Waals surface area contributed by atoms with Crippen LogP contribution in [0.1, 0.15) is 24.0 Å². The number of halogens is 1. The summed E-state index contributed by atoms with van der Waals surface area (Å²) in [6.07, 6.45) is 0. The van der Waals surface area contributed by atoms with Crippen molar-refractivity contribution in [3.8, 4) is 0 Å². The van der Waals surface area contributed by atoms with Gasteiger partial charge < -0.3 is 9.52 Å². The predicted molar refractivity (Wildman–Crippen MR) is 84.4 cm³/mol. The van der Waals surface area contributed by atoms with E-state index in [1.165, 1.54) is 19.1 Å². The van der Waals surface area contributed by atoms with Crippen molar-refractivity contribution in [1.29, 1.82) is 0 Å². The van der Waals surface area contributed by atoms with Crippen molar-refractivity contribution in [2.24, 2.45) is 0 Å². The summed E-state index contributed by atoms with van der Waals surface area (Å²) >= 11 is 5.91. The molecule has 0 saturated heterocycles. The van der Waals surface area contributed by atoms with Gasteiger partial charge in [0.1, 0.15) is 22.0 Å². The number of rotatable bonds is 5. The van der Waals surface area contributed by atoms with Crippen LogP contribution < -0.4 is 4.72 Å². The summed E-state index contributed by atoms with van der Waals surface area (Å²) in [6.45, 7) is 4.82. The van der Waals surface area contributed by atoms with Gasteiger partial charge in [-0.05, 0) is 39.0 Å². The Bertz CT molecular complexity index is 781. The number of aliphatic hydroxyl groups is 1. The van der Waals surface area contributed by atoms with Gasteiger partial charge in [-0.25, -0.2) is 13.1 Å². The number of nitrogens with one attached hydrogen (secondary N) is 1. The van der Waals surface area contributed by atoms with Crippen molar-refractivity contribution in [3.63, 3.8) is 0 Å². The van der Waals surface area contributed by atoms with Crippen LogP contribution in [0.25, 0.3) is 0 Å². The minimum Gasteiger partial charge on any atom is -0.466 e. The third kappa shape index (κ3) is 3.52. The second-order valence-corrected chi connectivity index (χ2v) is 7.50. The fraction of sp³-hybridized carbons (Fsp3) is 0.333. The Balaban J connectivity index is 2.22. The molecule has 1 atom stereocenters. The van der Waals surface area contributed by atoms with Crippen molar-refractivity contribution < 1.29 is 17.9 Å². The van der Waals surface area contributed by atoms with Crippen molar-refractivity contribution in [2.75, 3.05) is 6.54 Å². The standard InChI is InChI=1S/C15H18ClNO4S/c1-10-8-12(11(2)21-10)15(3,18)9-17-22(19,20)14-7-5-4-6-13(14)16/h4-8,17-18H,9H2,1-3H3. The van der Waals surface area contributed by atoms with Crippen molar-refractivity contribution in [3.05, 3.63) is 52.4 Å².